The molecule has 1 aliphatic heterocycles. The lowest BCUT2D eigenvalue weighted by molar-refractivity contribution is -0.114. The molecule has 27 heavy (non-hydrogen) atoms. The van der Waals surface area contributed by atoms with Gasteiger partial charge in [0.25, 0.3) is 5.91 Å². The van der Waals surface area contributed by atoms with Crippen LogP contribution in [0.5, 0.6) is 0 Å². The minimum atomic E-state index is -0.161. The zero-order valence-electron chi connectivity index (χ0n) is 15.7. The van der Waals surface area contributed by atoms with Crippen molar-refractivity contribution in [1.82, 2.24) is 10.2 Å². The van der Waals surface area contributed by atoms with Crippen molar-refractivity contribution in [3.63, 3.8) is 0 Å². The smallest absolute Gasteiger partial charge is 0.251 e. The van der Waals surface area contributed by atoms with Crippen LogP contribution in [0.1, 0.15) is 34.8 Å². The van der Waals surface area contributed by atoms with E-state index in [9.17, 15) is 9.59 Å². The molecule has 0 radical (unpaired) electrons. The van der Waals surface area contributed by atoms with Crippen LogP contribution in [0.15, 0.2) is 40.8 Å². The molecule has 2 N–H and O–H groups in total. The summed E-state index contributed by atoms with van der Waals surface area (Å²) in [5, 5.41) is 5.68. The lowest BCUT2D eigenvalue weighted by Gasteiger charge is -2.33. The van der Waals surface area contributed by atoms with Crippen LogP contribution in [0.3, 0.4) is 0 Å². The molecule has 1 fully saturated rings. The first kappa shape index (κ1) is 19.1. The maximum absolute atomic E-state index is 12.5. The molecule has 0 saturated carbocycles. The predicted molar refractivity (Wildman–Crippen MR) is 102 cm³/mol. The molecule has 1 aliphatic rings. The van der Waals surface area contributed by atoms with Gasteiger partial charge in [-0.2, -0.15) is 0 Å². The fourth-order valence-electron chi connectivity index (χ4n) is 3.13. The zero-order valence-corrected chi connectivity index (χ0v) is 15.7. The third-order valence-electron chi connectivity index (χ3n) is 4.50. The van der Waals surface area contributed by atoms with Crippen LogP contribution in [0.25, 0.3) is 0 Å². The van der Waals surface area contributed by atoms with Gasteiger partial charge in [0.2, 0.25) is 5.91 Å². The van der Waals surface area contributed by atoms with Gasteiger partial charge in [-0.05, 0) is 43.3 Å². The third kappa shape index (κ3) is 5.18. The van der Waals surface area contributed by atoms with Gasteiger partial charge in [0, 0.05) is 37.8 Å². The summed E-state index contributed by atoms with van der Waals surface area (Å²) in [5.41, 5.74) is 1.21. The van der Waals surface area contributed by atoms with Gasteiger partial charge in [-0.1, -0.05) is 0 Å². The third-order valence-corrected chi connectivity index (χ3v) is 4.50. The zero-order chi connectivity index (χ0) is 19.2. The van der Waals surface area contributed by atoms with Crippen molar-refractivity contribution < 1.29 is 18.7 Å². The number of amides is 2. The Labute approximate surface area is 158 Å². The summed E-state index contributed by atoms with van der Waals surface area (Å²) in [7, 11) is 0. The highest BCUT2D eigenvalue weighted by atomic mass is 16.5. The fraction of sp³-hybridized carbons (Fsp3) is 0.400. The van der Waals surface area contributed by atoms with E-state index in [4.69, 9.17) is 9.15 Å². The average molecular weight is 371 g/mol. The largest absolute Gasteiger partial charge is 0.465 e. The van der Waals surface area contributed by atoms with E-state index >= 15 is 0 Å². The van der Waals surface area contributed by atoms with Crippen LogP contribution in [0, 0.1) is 6.92 Å². The molecule has 0 unspecified atom stereocenters. The first-order valence-corrected chi connectivity index (χ1v) is 9.07. The Kier molecular flexibility index (Phi) is 6.26. The number of hydrogen-bond acceptors (Lipinski definition) is 5. The standard InChI is InChI=1S/C20H25N3O4/c1-14-3-8-19(27-14)18(23-9-11-26-12-10-23)13-21-20(25)16-4-6-17(7-5-16)22-15(2)24/h3-8,18H,9-13H2,1-2H3,(H,21,25)(H,22,24)/t18-/m1/s1. The van der Waals surface area contributed by atoms with Gasteiger partial charge in [-0.3, -0.25) is 14.5 Å². The number of morpholine rings is 1. The second kappa shape index (κ2) is 8.83. The molecule has 1 aromatic heterocycles. The lowest BCUT2D eigenvalue weighted by Crippen LogP contribution is -2.43. The molecule has 1 atom stereocenters. The van der Waals surface area contributed by atoms with Crippen LogP contribution < -0.4 is 10.6 Å². The van der Waals surface area contributed by atoms with Crippen molar-refractivity contribution in [1.29, 1.82) is 0 Å². The van der Waals surface area contributed by atoms with Crippen LogP contribution >= 0.6 is 0 Å². The van der Waals surface area contributed by atoms with Gasteiger partial charge in [-0.25, -0.2) is 0 Å². The van der Waals surface area contributed by atoms with Crippen molar-refractivity contribution in [3.8, 4) is 0 Å². The second-order valence-electron chi connectivity index (χ2n) is 6.58. The van der Waals surface area contributed by atoms with Gasteiger partial charge in [0.15, 0.2) is 0 Å². The highest BCUT2D eigenvalue weighted by molar-refractivity contribution is 5.95. The van der Waals surface area contributed by atoms with E-state index in [1.54, 1.807) is 24.3 Å². The number of nitrogens with zero attached hydrogens (tertiary/aromatic N) is 1. The Bertz CT molecular complexity index is 779. The number of hydrogen-bond donors (Lipinski definition) is 2. The van der Waals surface area contributed by atoms with E-state index in [0.29, 0.717) is 31.0 Å². The quantitative estimate of drug-likeness (QED) is 0.814. The fourth-order valence-corrected chi connectivity index (χ4v) is 3.13. The number of benzene rings is 1. The van der Waals surface area contributed by atoms with Crippen LogP contribution in [0.4, 0.5) is 5.69 Å². The Morgan fingerprint density at radius 1 is 1.11 bits per heavy atom. The molecule has 7 nitrogen and oxygen atoms in total. The van der Waals surface area contributed by atoms with Crippen molar-refractivity contribution >= 4 is 17.5 Å². The molecule has 1 saturated heterocycles. The Hall–Kier alpha value is -2.64. The monoisotopic (exact) mass is 371 g/mol. The highest BCUT2D eigenvalue weighted by Crippen LogP contribution is 2.23. The van der Waals surface area contributed by atoms with Crippen LogP contribution in [-0.4, -0.2) is 49.6 Å². The van der Waals surface area contributed by atoms with E-state index in [2.05, 4.69) is 15.5 Å². The minimum Gasteiger partial charge on any atom is -0.465 e. The molecular formula is C20H25N3O4. The maximum atomic E-state index is 12.5. The average Bonchev–Trinajstić information content (AvgIpc) is 3.09. The number of aryl methyl sites for hydroxylation is 1. The van der Waals surface area contributed by atoms with E-state index in [1.165, 1.54) is 6.92 Å². The topological polar surface area (TPSA) is 83.8 Å². The van der Waals surface area contributed by atoms with E-state index in [-0.39, 0.29) is 17.9 Å². The Morgan fingerprint density at radius 3 is 2.41 bits per heavy atom. The van der Waals surface area contributed by atoms with Gasteiger partial charge in [0.1, 0.15) is 11.5 Å². The second-order valence-corrected chi connectivity index (χ2v) is 6.58. The number of carbonyl (C=O) groups excluding carboxylic acids is 2. The van der Waals surface area contributed by atoms with E-state index in [0.717, 1.165) is 24.6 Å². The van der Waals surface area contributed by atoms with Crippen molar-refractivity contribution in [2.75, 3.05) is 38.2 Å². The predicted octanol–water partition coefficient (Wildman–Crippen LogP) is 2.35. The van der Waals surface area contributed by atoms with E-state index < -0.39 is 0 Å². The Balaban J connectivity index is 1.65. The maximum Gasteiger partial charge on any atom is 0.251 e. The number of nitrogens with one attached hydrogen (secondary N) is 2. The molecule has 144 valence electrons. The lowest BCUT2D eigenvalue weighted by atomic mass is 10.1. The molecule has 2 heterocycles. The van der Waals surface area contributed by atoms with Gasteiger partial charge < -0.3 is 19.8 Å². The summed E-state index contributed by atoms with van der Waals surface area (Å²) in [6.45, 7) is 6.75. The Morgan fingerprint density at radius 2 is 1.81 bits per heavy atom. The molecule has 7 heteroatoms. The number of rotatable bonds is 6. The SMILES string of the molecule is CC(=O)Nc1ccc(C(=O)NC[C@H](c2ccc(C)o2)N2CCOCC2)cc1. The summed E-state index contributed by atoms with van der Waals surface area (Å²) in [4.78, 5) is 25.9. The molecule has 0 spiro atoms. The number of carbonyl (C=O) groups is 2. The van der Waals surface area contributed by atoms with Gasteiger partial charge in [-0.15, -0.1) is 0 Å². The molecule has 0 bridgehead atoms. The summed E-state index contributed by atoms with van der Waals surface area (Å²) in [5.74, 6) is 1.39. The molecule has 1 aromatic carbocycles. The number of furan rings is 1. The highest BCUT2D eigenvalue weighted by Gasteiger charge is 2.25. The summed E-state index contributed by atoms with van der Waals surface area (Å²) < 4.78 is 11.3. The molecule has 2 aromatic rings. The normalized spacial score (nSPS) is 15.9. The van der Waals surface area contributed by atoms with Crippen molar-refractivity contribution in [3.05, 3.63) is 53.5 Å². The first-order chi connectivity index (χ1) is 13.0. The summed E-state index contributed by atoms with van der Waals surface area (Å²) >= 11 is 0. The number of anilines is 1. The van der Waals surface area contributed by atoms with Gasteiger partial charge >= 0.3 is 0 Å². The van der Waals surface area contributed by atoms with Crippen molar-refractivity contribution in [2.24, 2.45) is 0 Å². The summed E-state index contributed by atoms with van der Waals surface area (Å²) in [6, 6.07) is 10.7. The molecule has 3 rings (SSSR count). The summed E-state index contributed by atoms with van der Waals surface area (Å²) in [6.07, 6.45) is 0. The number of ether oxygens (including phenoxy) is 1. The van der Waals surface area contributed by atoms with E-state index in [1.807, 2.05) is 19.1 Å². The molecular weight excluding hydrogens is 346 g/mol. The molecule has 0 aliphatic carbocycles. The van der Waals surface area contributed by atoms with Crippen LogP contribution in [-0.2, 0) is 9.53 Å². The van der Waals surface area contributed by atoms with Crippen molar-refractivity contribution in [2.45, 2.75) is 19.9 Å². The first-order valence-electron chi connectivity index (χ1n) is 9.07. The minimum absolute atomic E-state index is 0.0368. The van der Waals surface area contributed by atoms with Crippen LogP contribution in [0.2, 0.25) is 0 Å². The molecule has 2 amide bonds. The van der Waals surface area contributed by atoms with Gasteiger partial charge in [0.05, 0.1) is 19.3 Å².